The molecular weight excluding hydrogens is 464 g/mol. The fourth-order valence-corrected chi connectivity index (χ4v) is 5.75. The van der Waals surface area contributed by atoms with Crippen LogP contribution in [0.4, 0.5) is 11.5 Å². The molecule has 1 fully saturated rings. The number of thioether (sulfide) groups is 1. The molecule has 2 heterocycles. The number of nitrogens with two attached hydrogens (primary N) is 1. The summed E-state index contributed by atoms with van der Waals surface area (Å²) < 4.78 is 3.55. The third-order valence-corrected chi connectivity index (χ3v) is 7.59. The third kappa shape index (κ3) is 5.07. The molecule has 0 saturated heterocycles. The standard InChI is InChI=1S/C25H32N6O3S/c1-4-29(20(32)15-35-25-27-16(2)17(3)31(25)19-12-8-9-13-19)21-22(26)30(24(34)28-23(21)33)14-18-10-6-5-7-11-18/h5-7,10-11,19H,4,8-9,12-15,26H2,1-3H3,(H,28,33,34). The molecule has 0 unspecified atom stereocenters. The number of anilines is 2. The first-order valence-electron chi connectivity index (χ1n) is 12.0. The van der Waals surface area contributed by atoms with Crippen LogP contribution in [0.15, 0.2) is 45.1 Å². The first-order chi connectivity index (χ1) is 16.8. The SMILES string of the molecule is CCN(C(=O)CSc1nc(C)c(C)n1C1CCCC1)c1c(N)n(Cc2ccccc2)c(=O)[nH]c1=O. The molecule has 3 N–H and O–H groups in total. The minimum absolute atomic E-state index is 0.000118. The third-order valence-electron chi connectivity index (χ3n) is 6.65. The highest BCUT2D eigenvalue weighted by atomic mass is 32.2. The normalized spacial score (nSPS) is 13.9. The zero-order valence-electron chi connectivity index (χ0n) is 20.4. The number of benzene rings is 1. The summed E-state index contributed by atoms with van der Waals surface area (Å²) in [6.45, 7) is 6.27. The zero-order valence-corrected chi connectivity index (χ0v) is 21.2. The van der Waals surface area contributed by atoms with Gasteiger partial charge in [0.15, 0.2) is 10.8 Å². The Morgan fingerprint density at radius 2 is 1.89 bits per heavy atom. The molecule has 1 aromatic carbocycles. The van der Waals surface area contributed by atoms with Gasteiger partial charge in [-0.2, -0.15) is 0 Å². The van der Waals surface area contributed by atoms with Crippen molar-refractivity contribution in [2.24, 2.45) is 0 Å². The summed E-state index contributed by atoms with van der Waals surface area (Å²) in [6, 6.07) is 9.75. The molecule has 1 amide bonds. The Morgan fingerprint density at radius 3 is 2.54 bits per heavy atom. The Labute approximate surface area is 208 Å². The zero-order chi connectivity index (χ0) is 25.1. The van der Waals surface area contributed by atoms with E-state index in [4.69, 9.17) is 10.7 Å². The maximum absolute atomic E-state index is 13.3. The molecular formula is C25H32N6O3S. The topological polar surface area (TPSA) is 119 Å². The molecule has 0 radical (unpaired) electrons. The predicted molar refractivity (Wildman–Crippen MR) is 139 cm³/mol. The van der Waals surface area contributed by atoms with Gasteiger partial charge in [0.2, 0.25) is 5.91 Å². The van der Waals surface area contributed by atoms with E-state index in [1.807, 2.05) is 37.3 Å². The minimum Gasteiger partial charge on any atom is -0.383 e. The summed E-state index contributed by atoms with van der Waals surface area (Å²) in [5.74, 6) is -0.189. The van der Waals surface area contributed by atoms with Gasteiger partial charge in [-0.3, -0.25) is 19.1 Å². The molecule has 0 bridgehead atoms. The van der Waals surface area contributed by atoms with Crippen LogP contribution in [0.5, 0.6) is 0 Å². The van der Waals surface area contributed by atoms with Gasteiger partial charge in [-0.05, 0) is 39.2 Å². The highest BCUT2D eigenvalue weighted by molar-refractivity contribution is 7.99. The van der Waals surface area contributed by atoms with Crippen LogP contribution in [-0.4, -0.2) is 37.3 Å². The predicted octanol–water partition coefficient (Wildman–Crippen LogP) is 3.24. The second-order valence-electron chi connectivity index (χ2n) is 8.87. The van der Waals surface area contributed by atoms with Gasteiger partial charge in [0.05, 0.1) is 18.0 Å². The fraction of sp³-hybridized carbons (Fsp3) is 0.440. The Bertz CT molecular complexity index is 1320. The van der Waals surface area contributed by atoms with Crippen molar-refractivity contribution in [1.29, 1.82) is 0 Å². The van der Waals surface area contributed by atoms with E-state index in [1.54, 1.807) is 6.92 Å². The number of nitrogen functional groups attached to an aromatic ring is 1. The molecule has 0 atom stereocenters. The Kier molecular flexibility index (Phi) is 7.49. The van der Waals surface area contributed by atoms with Gasteiger partial charge in [0.1, 0.15) is 5.82 Å². The fourth-order valence-electron chi connectivity index (χ4n) is 4.71. The molecule has 1 saturated carbocycles. The lowest BCUT2D eigenvalue weighted by atomic mass is 10.2. The summed E-state index contributed by atoms with van der Waals surface area (Å²) in [4.78, 5) is 47.0. The number of imidazole rings is 1. The van der Waals surface area contributed by atoms with Gasteiger partial charge >= 0.3 is 5.69 Å². The van der Waals surface area contributed by atoms with Crippen molar-refractivity contribution in [3.63, 3.8) is 0 Å². The van der Waals surface area contributed by atoms with Crippen molar-refractivity contribution in [3.05, 3.63) is 68.1 Å². The minimum atomic E-state index is -0.670. The van der Waals surface area contributed by atoms with Crippen LogP contribution in [0.2, 0.25) is 0 Å². The number of carbonyl (C=O) groups is 1. The van der Waals surface area contributed by atoms with Gasteiger partial charge in [0, 0.05) is 18.3 Å². The maximum atomic E-state index is 13.3. The Balaban J connectivity index is 1.59. The molecule has 1 aliphatic carbocycles. The van der Waals surface area contributed by atoms with Gasteiger partial charge < -0.3 is 15.2 Å². The maximum Gasteiger partial charge on any atom is 0.330 e. The Hall–Kier alpha value is -3.27. The number of amides is 1. The van der Waals surface area contributed by atoms with Gasteiger partial charge in [-0.1, -0.05) is 54.9 Å². The highest BCUT2D eigenvalue weighted by Gasteiger charge is 2.26. The number of aromatic amines is 1. The Morgan fingerprint density at radius 1 is 1.20 bits per heavy atom. The number of aromatic nitrogens is 4. The number of nitrogens with zero attached hydrogens (tertiary/aromatic N) is 4. The van der Waals surface area contributed by atoms with Crippen molar-refractivity contribution in [2.75, 3.05) is 22.9 Å². The first kappa shape index (κ1) is 24.8. The number of hydrogen-bond donors (Lipinski definition) is 2. The van der Waals surface area contributed by atoms with Crippen molar-refractivity contribution in [2.45, 2.75) is 64.2 Å². The van der Waals surface area contributed by atoms with Gasteiger partial charge in [0.25, 0.3) is 5.56 Å². The molecule has 4 rings (SSSR count). The molecule has 0 aliphatic heterocycles. The molecule has 3 aromatic rings. The molecule has 1 aliphatic rings. The molecule has 2 aromatic heterocycles. The summed E-state index contributed by atoms with van der Waals surface area (Å²) in [5, 5.41) is 0.826. The van der Waals surface area contributed by atoms with Gasteiger partial charge in [-0.25, -0.2) is 9.78 Å². The van der Waals surface area contributed by atoms with Crippen LogP contribution in [0, 0.1) is 13.8 Å². The van der Waals surface area contributed by atoms with Crippen LogP contribution in [-0.2, 0) is 11.3 Å². The molecule has 9 nitrogen and oxygen atoms in total. The molecule has 0 spiro atoms. The number of nitrogens with one attached hydrogen (secondary N) is 1. The van der Waals surface area contributed by atoms with Crippen molar-refractivity contribution >= 4 is 29.2 Å². The van der Waals surface area contributed by atoms with E-state index < -0.39 is 11.2 Å². The summed E-state index contributed by atoms with van der Waals surface area (Å²) in [6.07, 6.45) is 4.64. The van der Waals surface area contributed by atoms with Crippen molar-refractivity contribution in [1.82, 2.24) is 19.1 Å². The number of aryl methyl sites for hydroxylation is 1. The lowest BCUT2D eigenvalue weighted by molar-refractivity contribution is -0.116. The van der Waals surface area contributed by atoms with Crippen molar-refractivity contribution < 1.29 is 4.79 Å². The average molecular weight is 497 g/mol. The van der Waals surface area contributed by atoms with E-state index in [1.165, 1.54) is 34.1 Å². The number of carbonyl (C=O) groups excluding carboxylic acids is 1. The first-order valence-corrected chi connectivity index (χ1v) is 13.0. The van der Waals surface area contributed by atoms with E-state index >= 15 is 0 Å². The van der Waals surface area contributed by atoms with Crippen LogP contribution in [0.1, 0.15) is 55.6 Å². The van der Waals surface area contributed by atoms with Crippen LogP contribution >= 0.6 is 11.8 Å². The largest absolute Gasteiger partial charge is 0.383 e. The van der Waals surface area contributed by atoms with E-state index in [0.717, 1.165) is 34.9 Å². The van der Waals surface area contributed by atoms with E-state index in [0.29, 0.717) is 6.04 Å². The van der Waals surface area contributed by atoms with Crippen LogP contribution < -0.4 is 21.9 Å². The summed E-state index contributed by atoms with van der Waals surface area (Å²) in [5.41, 5.74) is 7.98. The molecule has 10 heteroatoms. The lowest BCUT2D eigenvalue weighted by Gasteiger charge is -2.23. The summed E-state index contributed by atoms with van der Waals surface area (Å²) in [7, 11) is 0. The lowest BCUT2D eigenvalue weighted by Crippen LogP contribution is -2.41. The van der Waals surface area contributed by atoms with E-state index in [9.17, 15) is 14.4 Å². The van der Waals surface area contributed by atoms with Crippen molar-refractivity contribution in [3.8, 4) is 0 Å². The van der Waals surface area contributed by atoms with E-state index in [-0.39, 0.29) is 36.3 Å². The van der Waals surface area contributed by atoms with Crippen LogP contribution in [0.3, 0.4) is 0 Å². The average Bonchev–Trinajstić information content (AvgIpc) is 3.46. The molecule has 35 heavy (non-hydrogen) atoms. The monoisotopic (exact) mass is 496 g/mol. The number of H-pyrrole nitrogens is 1. The van der Waals surface area contributed by atoms with E-state index in [2.05, 4.69) is 16.5 Å². The van der Waals surface area contributed by atoms with Gasteiger partial charge in [-0.15, -0.1) is 0 Å². The van der Waals surface area contributed by atoms with Crippen LogP contribution in [0.25, 0.3) is 0 Å². The molecule has 186 valence electrons. The number of hydrogen-bond acceptors (Lipinski definition) is 6. The quantitative estimate of drug-likeness (QED) is 0.462. The smallest absolute Gasteiger partial charge is 0.330 e. The summed E-state index contributed by atoms with van der Waals surface area (Å²) >= 11 is 1.38. The number of rotatable bonds is 8. The highest BCUT2D eigenvalue weighted by Crippen LogP contribution is 2.35. The second kappa shape index (κ2) is 10.6. The second-order valence-corrected chi connectivity index (χ2v) is 9.81.